The lowest BCUT2D eigenvalue weighted by Gasteiger charge is -2.19. The Kier molecular flexibility index (Phi) is 5.22. The molecule has 2 rings (SSSR count). The Bertz CT molecular complexity index is 458. The zero-order valence-corrected chi connectivity index (χ0v) is 13.3. The smallest absolute Gasteiger partial charge is 0.240 e. The van der Waals surface area contributed by atoms with Gasteiger partial charge in [0.25, 0.3) is 0 Å². The van der Waals surface area contributed by atoms with E-state index in [9.17, 15) is 4.79 Å². The number of hydrogen-bond acceptors (Lipinski definition) is 2. The van der Waals surface area contributed by atoms with Crippen LogP contribution in [0.4, 0.5) is 0 Å². The second-order valence-corrected chi connectivity index (χ2v) is 6.61. The lowest BCUT2D eigenvalue weighted by Crippen LogP contribution is -2.43. The molecule has 1 aliphatic rings. The van der Waals surface area contributed by atoms with Crippen molar-refractivity contribution in [3.05, 3.63) is 35.4 Å². The highest BCUT2D eigenvalue weighted by Gasteiger charge is 2.45. The molecule has 0 spiro atoms. The molecule has 0 atom stereocenters. The maximum absolute atomic E-state index is 11.7. The standard InChI is InChI=1S/C16H24N2O.ClH/c1-15(2,3)13-6-4-12(5-7-13)8-11-18-14(19)16(17)9-10-16;/h4-7H,8-11,17H2,1-3H3,(H,18,19);1H. The van der Waals surface area contributed by atoms with Crippen LogP contribution >= 0.6 is 12.4 Å². The molecule has 1 aromatic rings. The Labute approximate surface area is 127 Å². The number of carbonyl (C=O) groups is 1. The van der Waals surface area contributed by atoms with Gasteiger partial charge >= 0.3 is 0 Å². The molecule has 1 amide bonds. The van der Waals surface area contributed by atoms with Crippen LogP contribution in [0, 0.1) is 0 Å². The van der Waals surface area contributed by atoms with Gasteiger partial charge in [-0.15, -0.1) is 12.4 Å². The topological polar surface area (TPSA) is 55.1 Å². The second kappa shape index (κ2) is 6.15. The minimum atomic E-state index is -0.559. The lowest BCUT2D eigenvalue weighted by molar-refractivity contribution is -0.123. The van der Waals surface area contributed by atoms with Crippen molar-refractivity contribution < 1.29 is 4.79 Å². The fraction of sp³-hybridized carbons (Fsp3) is 0.562. The summed E-state index contributed by atoms with van der Waals surface area (Å²) in [6, 6.07) is 8.62. The molecule has 1 aromatic carbocycles. The van der Waals surface area contributed by atoms with Crippen molar-refractivity contribution in [1.29, 1.82) is 0 Å². The zero-order valence-electron chi connectivity index (χ0n) is 12.5. The van der Waals surface area contributed by atoms with Gasteiger partial charge in [-0.25, -0.2) is 0 Å². The molecular formula is C16H25ClN2O. The summed E-state index contributed by atoms with van der Waals surface area (Å²) in [6.07, 6.45) is 2.49. The predicted octanol–water partition coefficient (Wildman–Crippen LogP) is 2.56. The molecule has 0 bridgehead atoms. The van der Waals surface area contributed by atoms with E-state index in [1.165, 1.54) is 11.1 Å². The number of nitrogens with two attached hydrogens (primary N) is 1. The van der Waals surface area contributed by atoms with E-state index in [0.29, 0.717) is 6.54 Å². The molecule has 3 N–H and O–H groups in total. The van der Waals surface area contributed by atoms with E-state index in [2.05, 4.69) is 50.4 Å². The molecule has 0 unspecified atom stereocenters. The van der Waals surface area contributed by atoms with Gasteiger partial charge in [0.2, 0.25) is 5.91 Å². The van der Waals surface area contributed by atoms with Crippen molar-refractivity contribution >= 4 is 18.3 Å². The average molecular weight is 297 g/mol. The Morgan fingerprint density at radius 2 is 1.80 bits per heavy atom. The van der Waals surface area contributed by atoms with Crippen molar-refractivity contribution in [2.24, 2.45) is 5.73 Å². The van der Waals surface area contributed by atoms with Gasteiger partial charge in [-0.2, -0.15) is 0 Å². The molecule has 1 saturated carbocycles. The minimum Gasteiger partial charge on any atom is -0.354 e. The summed E-state index contributed by atoms with van der Waals surface area (Å²) in [5.41, 5.74) is 8.03. The van der Waals surface area contributed by atoms with Crippen molar-refractivity contribution in [3.8, 4) is 0 Å². The minimum absolute atomic E-state index is 0. The van der Waals surface area contributed by atoms with Crippen LogP contribution in [0.3, 0.4) is 0 Å². The van der Waals surface area contributed by atoms with Gasteiger partial charge in [0.1, 0.15) is 0 Å². The maximum atomic E-state index is 11.7. The fourth-order valence-electron chi connectivity index (χ4n) is 2.03. The van der Waals surface area contributed by atoms with Crippen LogP contribution in [0.2, 0.25) is 0 Å². The Morgan fingerprint density at radius 3 is 2.25 bits per heavy atom. The number of carbonyl (C=O) groups excluding carboxylic acids is 1. The molecule has 1 fully saturated rings. The van der Waals surface area contributed by atoms with E-state index in [1.807, 2.05) is 0 Å². The number of rotatable bonds is 4. The fourth-order valence-corrected chi connectivity index (χ4v) is 2.03. The van der Waals surface area contributed by atoms with Crippen LogP contribution in [-0.4, -0.2) is 18.0 Å². The highest BCUT2D eigenvalue weighted by molar-refractivity contribution is 5.88. The van der Waals surface area contributed by atoms with E-state index in [1.54, 1.807) is 0 Å². The largest absolute Gasteiger partial charge is 0.354 e. The van der Waals surface area contributed by atoms with E-state index in [0.717, 1.165) is 19.3 Å². The van der Waals surface area contributed by atoms with E-state index >= 15 is 0 Å². The number of hydrogen-bond donors (Lipinski definition) is 2. The highest BCUT2D eigenvalue weighted by Crippen LogP contribution is 2.32. The number of amides is 1. The second-order valence-electron chi connectivity index (χ2n) is 6.61. The molecule has 0 heterocycles. The number of nitrogens with one attached hydrogen (secondary N) is 1. The quantitative estimate of drug-likeness (QED) is 0.897. The van der Waals surface area contributed by atoms with Crippen LogP contribution in [0.15, 0.2) is 24.3 Å². The summed E-state index contributed by atoms with van der Waals surface area (Å²) >= 11 is 0. The Hall–Kier alpha value is -1.06. The van der Waals surface area contributed by atoms with E-state index in [4.69, 9.17) is 5.73 Å². The summed E-state index contributed by atoms with van der Waals surface area (Å²) in [6.45, 7) is 7.28. The summed E-state index contributed by atoms with van der Waals surface area (Å²) in [7, 11) is 0. The number of benzene rings is 1. The van der Waals surface area contributed by atoms with Crippen molar-refractivity contribution in [2.75, 3.05) is 6.54 Å². The van der Waals surface area contributed by atoms with Gasteiger partial charge in [0.15, 0.2) is 0 Å². The first-order valence-electron chi connectivity index (χ1n) is 6.98. The molecule has 0 aliphatic heterocycles. The molecule has 0 saturated heterocycles. The first-order chi connectivity index (χ1) is 8.81. The number of halogens is 1. The summed E-state index contributed by atoms with van der Waals surface area (Å²) in [4.78, 5) is 11.7. The first kappa shape index (κ1) is 17.0. The van der Waals surface area contributed by atoms with Crippen molar-refractivity contribution in [2.45, 2.75) is 51.0 Å². The zero-order chi connectivity index (χ0) is 14.1. The molecule has 3 nitrogen and oxygen atoms in total. The van der Waals surface area contributed by atoms with Crippen molar-refractivity contribution in [3.63, 3.8) is 0 Å². The maximum Gasteiger partial charge on any atom is 0.240 e. The monoisotopic (exact) mass is 296 g/mol. The molecule has 4 heteroatoms. The van der Waals surface area contributed by atoms with Gasteiger partial charge in [-0.3, -0.25) is 4.79 Å². The summed E-state index contributed by atoms with van der Waals surface area (Å²) in [5, 5.41) is 2.91. The van der Waals surface area contributed by atoms with Gasteiger partial charge in [0.05, 0.1) is 5.54 Å². The summed E-state index contributed by atoms with van der Waals surface area (Å²) in [5.74, 6) is -0.00110. The van der Waals surface area contributed by atoms with Crippen LogP contribution in [0.1, 0.15) is 44.7 Å². The van der Waals surface area contributed by atoms with Crippen LogP contribution < -0.4 is 11.1 Å². The third kappa shape index (κ3) is 4.22. The third-order valence-corrected chi connectivity index (χ3v) is 3.76. The van der Waals surface area contributed by atoms with Gasteiger partial charge in [-0.05, 0) is 35.8 Å². The Balaban J connectivity index is 0.00000200. The normalized spacial score (nSPS) is 16.2. The molecule has 0 aromatic heterocycles. The molecule has 112 valence electrons. The average Bonchev–Trinajstić information content (AvgIpc) is 3.08. The molecule has 0 radical (unpaired) electrons. The van der Waals surface area contributed by atoms with Crippen molar-refractivity contribution in [1.82, 2.24) is 5.32 Å². The molecule has 1 aliphatic carbocycles. The van der Waals surface area contributed by atoms with E-state index in [-0.39, 0.29) is 23.7 Å². The highest BCUT2D eigenvalue weighted by atomic mass is 35.5. The molecule has 20 heavy (non-hydrogen) atoms. The van der Waals surface area contributed by atoms with Crippen LogP contribution in [0.25, 0.3) is 0 Å². The van der Waals surface area contributed by atoms with Gasteiger partial charge in [0, 0.05) is 6.54 Å². The first-order valence-corrected chi connectivity index (χ1v) is 6.98. The lowest BCUT2D eigenvalue weighted by atomic mass is 9.86. The third-order valence-electron chi connectivity index (χ3n) is 3.76. The summed E-state index contributed by atoms with van der Waals surface area (Å²) < 4.78 is 0. The molecular weight excluding hydrogens is 272 g/mol. The van der Waals surface area contributed by atoms with Gasteiger partial charge < -0.3 is 11.1 Å². The Morgan fingerprint density at radius 1 is 1.25 bits per heavy atom. The predicted molar refractivity (Wildman–Crippen MR) is 85.3 cm³/mol. The van der Waals surface area contributed by atoms with E-state index < -0.39 is 5.54 Å². The van der Waals surface area contributed by atoms with Gasteiger partial charge in [-0.1, -0.05) is 45.0 Å². The van der Waals surface area contributed by atoms with Crippen LogP contribution in [-0.2, 0) is 16.6 Å². The SMILES string of the molecule is CC(C)(C)c1ccc(CCNC(=O)C2(N)CC2)cc1.Cl. The van der Waals surface area contributed by atoms with Crippen LogP contribution in [0.5, 0.6) is 0 Å².